The maximum Gasteiger partial charge on any atom is 0.261 e. The van der Waals surface area contributed by atoms with Crippen molar-refractivity contribution in [2.24, 2.45) is 0 Å². The van der Waals surface area contributed by atoms with Crippen LogP contribution in [0.25, 0.3) is 0 Å². The summed E-state index contributed by atoms with van der Waals surface area (Å²) in [4.78, 5) is 37.8. The molecule has 0 saturated heterocycles. The Bertz CT molecular complexity index is 828. The van der Waals surface area contributed by atoms with Crippen LogP contribution in [0.4, 0.5) is 0 Å². The summed E-state index contributed by atoms with van der Waals surface area (Å²) < 4.78 is 5.29. The highest BCUT2D eigenvalue weighted by Gasteiger charge is 2.34. The predicted octanol–water partition coefficient (Wildman–Crippen LogP) is 2.43. The summed E-state index contributed by atoms with van der Waals surface area (Å²) in [6, 6.07) is 14.5. The second kappa shape index (κ2) is 8.49. The lowest BCUT2D eigenvalue weighted by Gasteiger charge is -2.13. The van der Waals surface area contributed by atoms with Crippen LogP contribution in [-0.2, 0) is 11.2 Å². The predicted molar refractivity (Wildman–Crippen MR) is 101 cm³/mol. The molecule has 2 aromatic carbocycles. The molecular formula is C21H22N2O4. The number of hydrogen-bond donors (Lipinski definition) is 1. The highest BCUT2D eigenvalue weighted by atomic mass is 16.5. The van der Waals surface area contributed by atoms with E-state index in [2.05, 4.69) is 5.32 Å². The summed E-state index contributed by atoms with van der Waals surface area (Å²) in [5.41, 5.74) is 1.90. The van der Waals surface area contributed by atoms with Crippen molar-refractivity contribution in [2.75, 3.05) is 20.2 Å². The zero-order chi connectivity index (χ0) is 19.2. The Labute approximate surface area is 158 Å². The molecule has 0 saturated carbocycles. The molecule has 0 spiro atoms. The number of nitrogens with one attached hydrogen (secondary N) is 1. The number of ether oxygens (including phenoxy) is 1. The number of carbonyl (C=O) groups excluding carboxylic acids is 3. The Morgan fingerprint density at radius 1 is 1.00 bits per heavy atom. The average Bonchev–Trinajstić information content (AvgIpc) is 2.93. The van der Waals surface area contributed by atoms with Crippen LogP contribution in [0.15, 0.2) is 48.5 Å². The minimum absolute atomic E-state index is 0.0958. The molecule has 1 heterocycles. The molecule has 2 aromatic rings. The van der Waals surface area contributed by atoms with Gasteiger partial charge in [0, 0.05) is 19.5 Å². The second-order valence-corrected chi connectivity index (χ2v) is 6.32. The fraction of sp³-hybridized carbons (Fsp3) is 0.286. The van der Waals surface area contributed by atoms with Crippen molar-refractivity contribution in [3.63, 3.8) is 0 Å². The van der Waals surface area contributed by atoms with Gasteiger partial charge in [0.15, 0.2) is 0 Å². The van der Waals surface area contributed by atoms with Gasteiger partial charge >= 0.3 is 0 Å². The molecule has 0 radical (unpaired) electrons. The summed E-state index contributed by atoms with van der Waals surface area (Å²) in [6.07, 6.45) is 1.37. The van der Waals surface area contributed by atoms with Crippen molar-refractivity contribution in [3.8, 4) is 5.75 Å². The zero-order valence-electron chi connectivity index (χ0n) is 15.2. The monoisotopic (exact) mass is 366 g/mol. The molecular weight excluding hydrogens is 344 g/mol. The van der Waals surface area contributed by atoms with Gasteiger partial charge in [0.1, 0.15) is 5.75 Å². The quantitative estimate of drug-likeness (QED) is 0.728. The largest absolute Gasteiger partial charge is 0.496 e. The average molecular weight is 366 g/mol. The number of rotatable bonds is 8. The van der Waals surface area contributed by atoms with Gasteiger partial charge in [-0.15, -0.1) is 0 Å². The van der Waals surface area contributed by atoms with Crippen LogP contribution < -0.4 is 10.1 Å². The fourth-order valence-corrected chi connectivity index (χ4v) is 3.17. The standard InChI is InChI=1S/C21H22N2O4/c1-27-18-10-5-2-7-15(18)12-13-22-19(24)11-6-14-23-20(25)16-8-3-4-9-17(16)21(23)26/h2-5,7-10H,6,11-14H2,1H3,(H,22,24). The SMILES string of the molecule is COc1ccccc1CCNC(=O)CCCN1C(=O)c2ccccc2C1=O. The third kappa shape index (κ3) is 4.16. The summed E-state index contributed by atoms with van der Waals surface area (Å²) in [5, 5.41) is 2.86. The van der Waals surface area contributed by atoms with Gasteiger partial charge in [0.2, 0.25) is 5.91 Å². The summed E-state index contributed by atoms with van der Waals surface area (Å²) in [5.74, 6) is 0.137. The molecule has 1 aliphatic rings. The molecule has 0 bridgehead atoms. The summed E-state index contributed by atoms with van der Waals surface area (Å²) in [7, 11) is 1.62. The van der Waals surface area contributed by atoms with E-state index in [1.165, 1.54) is 4.90 Å². The third-order valence-electron chi connectivity index (χ3n) is 4.57. The third-order valence-corrected chi connectivity index (χ3v) is 4.57. The van der Waals surface area contributed by atoms with Crippen molar-refractivity contribution in [1.29, 1.82) is 0 Å². The Morgan fingerprint density at radius 3 is 2.30 bits per heavy atom. The van der Waals surface area contributed by atoms with E-state index in [0.717, 1.165) is 11.3 Å². The Balaban J connectivity index is 1.42. The number of carbonyl (C=O) groups is 3. The summed E-state index contributed by atoms with van der Waals surface area (Å²) in [6.45, 7) is 0.749. The van der Waals surface area contributed by atoms with Crippen molar-refractivity contribution >= 4 is 17.7 Å². The Morgan fingerprint density at radius 2 is 1.63 bits per heavy atom. The fourth-order valence-electron chi connectivity index (χ4n) is 3.17. The first kappa shape index (κ1) is 18.6. The van der Waals surface area contributed by atoms with Gasteiger partial charge in [0.05, 0.1) is 18.2 Å². The second-order valence-electron chi connectivity index (χ2n) is 6.32. The Hall–Kier alpha value is -3.15. The first-order valence-corrected chi connectivity index (χ1v) is 8.95. The topological polar surface area (TPSA) is 75.7 Å². The van der Waals surface area contributed by atoms with Crippen molar-refractivity contribution in [2.45, 2.75) is 19.3 Å². The maximum absolute atomic E-state index is 12.3. The van der Waals surface area contributed by atoms with Crippen molar-refractivity contribution in [1.82, 2.24) is 10.2 Å². The van der Waals surface area contributed by atoms with Crippen LogP contribution in [0.2, 0.25) is 0 Å². The molecule has 0 aromatic heterocycles. The molecule has 27 heavy (non-hydrogen) atoms. The number of benzene rings is 2. The van der Waals surface area contributed by atoms with E-state index in [4.69, 9.17) is 4.74 Å². The van der Waals surface area contributed by atoms with Crippen LogP contribution in [0.3, 0.4) is 0 Å². The highest BCUT2D eigenvalue weighted by molar-refractivity contribution is 6.21. The van der Waals surface area contributed by atoms with Crippen LogP contribution >= 0.6 is 0 Å². The van der Waals surface area contributed by atoms with Gasteiger partial charge in [-0.2, -0.15) is 0 Å². The number of hydrogen-bond acceptors (Lipinski definition) is 4. The highest BCUT2D eigenvalue weighted by Crippen LogP contribution is 2.22. The maximum atomic E-state index is 12.3. The molecule has 140 valence electrons. The van der Waals surface area contributed by atoms with E-state index in [9.17, 15) is 14.4 Å². The number of methoxy groups -OCH3 is 1. The van der Waals surface area contributed by atoms with E-state index in [0.29, 0.717) is 30.5 Å². The van der Waals surface area contributed by atoms with E-state index in [-0.39, 0.29) is 30.7 Å². The van der Waals surface area contributed by atoms with Gasteiger partial charge < -0.3 is 10.1 Å². The van der Waals surface area contributed by atoms with Crippen LogP contribution in [-0.4, -0.2) is 42.8 Å². The normalized spacial score (nSPS) is 12.9. The minimum Gasteiger partial charge on any atom is -0.496 e. The lowest BCUT2D eigenvalue weighted by Crippen LogP contribution is -2.32. The van der Waals surface area contributed by atoms with Gasteiger partial charge in [-0.3, -0.25) is 19.3 Å². The molecule has 1 aliphatic heterocycles. The number of fused-ring (bicyclic) bond motifs is 1. The number of imide groups is 1. The lowest BCUT2D eigenvalue weighted by molar-refractivity contribution is -0.121. The van der Waals surface area contributed by atoms with Gasteiger partial charge in [0.25, 0.3) is 11.8 Å². The van der Waals surface area contributed by atoms with E-state index in [1.54, 1.807) is 31.4 Å². The van der Waals surface area contributed by atoms with E-state index >= 15 is 0 Å². The first-order chi connectivity index (χ1) is 13.1. The van der Waals surface area contributed by atoms with Crippen LogP contribution in [0.1, 0.15) is 39.1 Å². The zero-order valence-corrected chi connectivity index (χ0v) is 15.2. The van der Waals surface area contributed by atoms with Crippen LogP contribution in [0, 0.1) is 0 Å². The molecule has 0 fully saturated rings. The molecule has 1 N–H and O–H groups in total. The molecule has 0 unspecified atom stereocenters. The van der Waals surface area contributed by atoms with Gasteiger partial charge in [-0.25, -0.2) is 0 Å². The molecule has 3 amide bonds. The number of amides is 3. The smallest absolute Gasteiger partial charge is 0.261 e. The lowest BCUT2D eigenvalue weighted by atomic mass is 10.1. The minimum atomic E-state index is -0.285. The Kier molecular flexibility index (Phi) is 5.86. The molecule has 6 nitrogen and oxygen atoms in total. The first-order valence-electron chi connectivity index (χ1n) is 8.95. The van der Waals surface area contributed by atoms with Gasteiger partial charge in [-0.1, -0.05) is 30.3 Å². The van der Waals surface area contributed by atoms with Gasteiger partial charge in [-0.05, 0) is 36.6 Å². The number of nitrogens with zero attached hydrogens (tertiary/aromatic N) is 1. The molecule has 3 rings (SSSR count). The molecule has 0 aliphatic carbocycles. The summed E-state index contributed by atoms with van der Waals surface area (Å²) >= 11 is 0. The number of para-hydroxylation sites is 1. The van der Waals surface area contributed by atoms with E-state index < -0.39 is 0 Å². The molecule has 0 atom stereocenters. The van der Waals surface area contributed by atoms with Crippen molar-refractivity contribution in [3.05, 3.63) is 65.2 Å². The van der Waals surface area contributed by atoms with Crippen molar-refractivity contribution < 1.29 is 19.1 Å². The molecule has 6 heteroatoms. The van der Waals surface area contributed by atoms with Crippen LogP contribution in [0.5, 0.6) is 5.75 Å². The van der Waals surface area contributed by atoms with E-state index in [1.807, 2.05) is 24.3 Å².